The second kappa shape index (κ2) is 7.72. The van der Waals surface area contributed by atoms with Crippen LogP contribution in [0.3, 0.4) is 0 Å². The predicted octanol–water partition coefficient (Wildman–Crippen LogP) is 2.73. The minimum Gasteiger partial charge on any atom is -0.395 e. The molecule has 0 aliphatic heterocycles. The SMILES string of the molecule is CCC(C)(CC)NC(=O)c1ccc(C#CCCO)cc1. The molecular formula is C17H23NO2. The van der Waals surface area contributed by atoms with Gasteiger partial charge in [-0.3, -0.25) is 4.79 Å². The third kappa shape index (κ3) is 4.71. The fraction of sp³-hybridized carbons (Fsp3) is 0.471. The zero-order valence-corrected chi connectivity index (χ0v) is 12.5. The first kappa shape index (κ1) is 16.3. The van der Waals surface area contributed by atoms with Crippen LogP contribution in [-0.2, 0) is 0 Å². The molecule has 108 valence electrons. The second-order valence-electron chi connectivity index (χ2n) is 5.07. The van der Waals surface area contributed by atoms with Gasteiger partial charge in [-0.2, -0.15) is 0 Å². The van der Waals surface area contributed by atoms with Crippen molar-refractivity contribution in [2.75, 3.05) is 6.61 Å². The lowest BCUT2D eigenvalue weighted by Gasteiger charge is -2.28. The molecule has 0 bridgehead atoms. The average molecular weight is 273 g/mol. The summed E-state index contributed by atoms with van der Waals surface area (Å²) < 4.78 is 0. The minimum atomic E-state index is -0.156. The standard InChI is InChI=1S/C17H23NO2/c1-4-17(3,5-2)18-16(20)15-11-9-14(10-12-15)8-6-7-13-19/h9-12,19H,4-5,7,13H2,1-3H3,(H,18,20). The van der Waals surface area contributed by atoms with Crippen molar-refractivity contribution < 1.29 is 9.90 Å². The number of hydrogen-bond donors (Lipinski definition) is 2. The molecule has 0 aliphatic carbocycles. The molecule has 0 aliphatic rings. The van der Waals surface area contributed by atoms with Crippen LogP contribution in [0.1, 0.15) is 56.0 Å². The summed E-state index contributed by atoms with van der Waals surface area (Å²) in [5, 5.41) is 11.7. The van der Waals surface area contributed by atoms with E-state index in [1.807, 2.05) is 12.1 Å². The predicted molar refractivity (Wildman–Crippen MR) is 81.5 cm³/mol. The smallest absolute Gasteiger partial charge is 0.251 e. The number of nitrogens with one attached hydrogen (secondary N) is 1. The fourth-order valence-corrected chi connectivity index (χ4v) is 1.70. The Bertz CT molecular complexity index is 490. The Balaban J connectivity index is 2.74. The van der Waals surface area contributed by atoms with E-state index in [1.165, 1.54) is 0 Å². The van der Waals surface area contributed by atoms with Gasteiger partial charge in [0.25, 0.3) is 5.91 Å². The van der Waals surface area contributed by atoms with Gasteiger partial charge in [-0.05, 0) is 44.0 Å². The van der Waals surface area contributed by atoms with Crippen LogP contribution in [-0.4, -0.2) is 23.2 Å². The molecule has 0 atom stereocenters. The fourth-order valence-electron chi connectivity index (χ4n) is 1.70. The lowest BCUT2D eigenvalue weighted by Crippen LogP contribution is -2.44. The molecule has 0 fully saturated rings. The number of amides is 1. The summed E-state index contributed by atoms with van der Waals surface area (Å²) in [6, 6.07) is 7.22. The number of rotatable bonds is 5. The van der Waals surface area contributed by atoms with Crippen LogP contribution in [0.5, 0.6) is 0 Å². The summed E-state index contributed by atoms with van der Waals surface area (Å²) in [5.74, 6) is 5.75. The Morgan fingerprint density at radius 2 is 1.85 bits per heavy atom. The number of aliphatic hydroxyl groups excluding tert-OH is 1. The van der Waals surface area contributed by atoms with E-state index in [2.05, 4.69) is 37.9 Å². The molecule has 3 nitrogen and oxygen atoms in total. The second-order valence-corrected chi connectivity index (χ2v) is 5.07. The third-order valence-electron chi connectivity index (χ3n) is 3.59. The van der Waals surface area contributed by atoms with Crippen LogP contribution in [0.2, 0.25) is 0 Å². The van der Waals surface area contributed by atoms with Crippen molar-refractivity contribution in [3.8, 4) is 11.8 Å². The summed E-state index contributed by atoms with van der Waals surface area (Å²) in [6.45, 7) is 6.27. The average Bonchev–Trinajstić information content (AvgIpc) is 2.48. The summed E-state index contributed by atoms with van der Waals surface area (Å²) in [4.78, 5) is 12.2. The largest absolute Gasteiger partial charge is 0.395 e. The van der Waals surface area contributed by atoms with Crippen LogP contribution in [0, 0.1) is 11.8 Å². The monoisotopic (exact) mass is 273 g/mol. The van der Waals surface area contributed by atoms with Gasteiger partial charge >= 0.3 is 0 Å². The van der Waals surface area contributed by atoms with Crippen LogP contribution in [0.15, 0.2) is 24.3 Å². The zero-order valence-electron chi connectivity index (χ0n) is 12.5. The summed E-state index contributed by atoms with van der Waals surface area (Å²) in [7, 11) is 0. The van der Waals surface area contributed by atoms with Gasteiger partial charge in [0.1, 0.15) is 0 Å². The van der Waals surface area contributed by atoms with Gasteiger partial charge in [-0.25, -0.2) is 0 Å². The minimum absolute atomic E-state index is 0.0499. The molecular weight excluding hydrogens is 250 g/mol. The van der Waals surface area contributed by atoms with Gasteiger partial charge in [-0.1, -0.05) is 25.7 Å². The van der Waals surface area contributed by atoms with Crippen LogP contribution in [0.25, 0.3) is 0 Å². The molecule has 20 heavy (non-hydrogen) atoms. The maximum atomic E-state index is 12.2. The van der Waals surface area contributed by atoms with Crippen molar-refractivity contribution in [1.82, 2.24) is 5.32 Å². The first-order chi connectivity index (χ1) is 9.54. The van der Waals surface area contributed by atoms with Gasteiger partial charge in [0.2, 0.25) is 0 Å². The number of aliphatic hydroxyl groups is 1. The van der Waals surface area contributed by atoms with E-state index in [9.17, 15) is 4.79 Å². The van der Waals surface area contributed by atoms with Crippen LogP contribution in [0.4, 0.5) is 0 Å². The Hall–Kier alpha value is -1.79. The van der Waals surface area contributed by atoms with Crippen LogP contribution < -0.4 is 5.32 Å². The summed E-state index contributed by atoms with van der Waals surface area (Å²) in [5.41, 5.74) is 1.34. The van der Waals surface area contributed by atoms with Crippen molar-refractivity contribution in [1.29, 1.82) is 0 Å². The molecule has 0 unspecified atom stereocenters. The van der Waals surface area contributed by atoms with E-state index in [1.54, 1.807) is 12.1 Å². The van der Waals surface area contributed by atoms with E-state index in [0.717, 1.165) is 18.4 Å². The molecule has 2 N–H and O–H groups in total. The van der Waals surface area contributed by atoms with E-state index in [-0.39, 0.29) is 18.1 Å². The third-order valence-corrected chi connectivity index (χ3v) is 3.59. The van der Waals surface area contributed by atoms with Gasteiger partial charge in [0.05, 0.1) is 6.61 Å². The molecule has 0 saturated heterocycles. The van der Waals surface area contributed by atoms with Gasteiger partial charge < -0.3 is 10.4 Å². The summed E-state index contributed by atoms with van der Waals surface area (Å²) >= 11 is 0. The molecule has 1 aromatic rings. The van der Waals surface area contributed by atoms with E-state index in [4.69, 9.17) is 5.11 Å². The maximum absolute atomic E-state index is 12.2. The lowest BCUT2D eigenvalue weighted by molar-refractivity contribution is 0.0901. The van der Waals surface area contributed by atoms with Gasteiger partial charge in [-0.15, -0.1) is 0 Å². The number of hydrogen-bond acceptors (Lipinski definition) is 2. The van der Waals surface area contributed by atoms with Crippen molar-refractivity contribution in [3.63, 3.8) is 0 Å². The van der Waals surface area contributed by atoms with Gasteiger partial charge in [0, 0.05) is 23.1 Å². The maximum Gasteiger partial charge on any atom is 0.251 e. The highest BCUT2D eigenvalue weighted by atomic mass is 16.2. The molecule has 0 spiro atoms. The first-order valence-corrected chi connectivity index (χ1v) is 7.07. The van der Waals surface area contributed by atoms with E-state index >= 15 is 0 Å². The quantitative estimate of drug-likeness (QED) is 0.810. The molecule has 1 amide bonds. The molecule has 1 aromatic carbocycles. The molecule has 0 radical (unpaired) electrons. The van der Waals surface area contributed by atoms with Crippen molar-refractivity contribution in [3.05, 3.63) is 35.4 Å². The van der Waals surface area contributed by atoms with Crippen molar-refractivity contribution in [2.24, 2.45) is 0 Å². The molecule has 1 rings (SSSR count). The molecule has 3 heteroatoms. The Morgan fingerprint density at radius 1 is 1.25 bits per heavy atom. The van der Waals surface area contributed by atoms with Crippen LogP contribution >= 0.6 is 0 Å². The Labute approximate surface area is 121 Å². The van der Waals surface area contributed by atoms with Crippen molar-refractivity contribution in [2.45, 2.75) is 45.6 Å². The highest BCUT2D eigenvalue weighted by Gasteiger charge is 2.22. The molecule has 0 saturated carbocycles. The van der Waals surface area contributed by atoms with Gasteiger partial charge in [0.15, 0.2) is 0 Å². The lowest BCUT2D eigenvalue weighted by atomic mass is 9.95. The zero-order chi connectivity index (χ0) is 15.0. The topological polar surface area (TPSA) is 49.3 Å². The number of carbonyl (C=O) groups is 1. The Morgan fingerprint density at radius 3 is 2.35 bits per heavy atom. The summed E-state index contributed by atoms with van der Waals surface area (Å²) in [6.07, 6.45) is 2.27. The Kier molecular flexibility index (Phi) is 6.27. The van der Waals surface area contributed by atoms with E-state index < -0.39 is 0 Å². The molecule has 0 aromatic heterocycles. The number of carbonyl (C=O) groups excluding carboxylic acids is 1. The highest BCUT2D eigenvalue weighted by Crippen LogP contribution is 2.15. The molecule has 0 heterocycles. The first-order valence-electron chi connectivity index (χ1n) is 7.07. The highest BCUT2D eigenvalue weighted by molar-refractivity contribution is 5.94. The van der Waals surface area contributed by atoms with Crippen molar-refractivity contribution >= 4 is 5.91 Å². The number of benzene rings is 1. The van der Waals surface area contributed by atoms with E-state index in [0.29, 0.717) is 12.0 Å². The normalized spacial score (nSPS) is 10.6.